The zero-order valence-electron chi connectivity index (χ0n) is 13.2. The van der Waals surface area contributed by atoms with E-state index in [-0.39, 0.29) is 17.1 Å². The first kappa shape index (κ1) is 18.1. The fourth-order valence-electron chi connectivity index (χ4n) is 1.26. The second-order valence-electron chi connectivity index (χ2n) is 6.05. The lowest BCUT2D eigenvalue weighted by Crippen LogP contribution is -2.43. The van der Waals surface area contributed by atoms with E-state index in [9.17, 15) is 4.79 Å². The number of ether oxygens (including phenoxy) is 1. The van der Waals surface area contributed by atoms with E-state index in [1.807, 2.05) is 6.08 Å². The molecule has 1 atom stereocenters. The van der Waals surface area contributed by atoms with Crippen LogP contribution in [0.15, 0.2) is 24.8 Å². The first-order valence-corrected chi connectivity index (χ1v) is 9.68. The van der Waals surface area contributed by atoms with E-state index < -0.39 is 8.32 Å². The molecule has 0 aromatic rings. The van der Waals surface area contributed by atoms with Crippen molar-refractivity contribution in [1.82, 2.24) is 0 Å². The van der Waals surface area contributed by atoms with Gasteiger partial charge in [0.2, 0.25) is 0 Å². The molecule has 0 fully saturated rings. The summed E-state index contributed by atoms with van der Waals surface area (Å²) in [4.78, 5) is 11.3. The van der Waals surface area contributed by atoms with E-state index in [0.29, 0.717) is 13.0 Å². The Morgan fingerprint density at radius 3 is 2.37 bits per heavy atom. The summed E-state index contributed by atoms with van der Waals surface area (Å²) in [5.41, 5.74) is 0. The minimum absolute atomic E-state index is 0.109. The lowest BCUT2D eigenvalue weighted by atomic mass is 10.2. The maximum absolute atomic E-state index is 11.3. The van der Waals surface area contributed by atoms with Crippen molar-refractivity contribution in [2.24, 2.45) is 0 Å². The third kappa shape index (κ3) is 6.73. The molecule has 0 aromatic heterocycles. The summed E-state index contributed by atoms with van der Waals surface area (Å²) in [6, 6.07) is 0. The molecule has 19 heavy (non-hydrogen) atoms. The zero-order valence-corrected chi connectivity index (χ0v) is 14.2. The van der Waals surface area contributed by atoms with Crippen LogP contribution >= 0.6 is 0 Å². The molecule has 3 nitrogen and oxygen atoms in total. The molecule has 0 saturated heterocycles. The maximum atomic E-state index is 11.3. The van der Waals surface area contributed by atoms with E-state index in [1.165, 1.54) is 6.08 Å². The van der Waals surface area contributed by atoms with Crippen molar-refractivity contribution in [3.8, 4) is 0 Å². The summed E-state index contributed by atoms with van der Waals surface area (Å²) in [6.07, 6.45) is 5.63. The molecule has 0 spiro atoms. The molecule has 0 aliphatic heterocycles. The molecule has 0 N–H and O–H groups in total. The van der Waals surface area contributed by atoms with Crippen LogP contribution in [0.2, 0.25) is 18.1 Å². The number of carbonyl (C=O) groups excluding carboxylic acids is 1. The summed E-state index contributed by atoms with van der Waals surface area (Å²) in [6.45, 7) is 16.9. The molecule has 4 heteroatoms. The topological polar surface area (TPSA) is 35.5 Å². The van der Waals surface area contributed by atoms with E-state index in [0.717, 1.165) is 0 Å². The third-order valence-electron chi connectivity index (χ3n) is 3.38. The summed E-state index contributed by atoms with van der Waals surface area (Å²) in [5, 5.41) is 0.143. The molecular formula is C15H28O3Si. The zero-order chi connectivity index (χ0) is 15.1. The van der Waals surface area contributed by atoms with Crippen LogP contribution < -0.4 is 0 Å². The Bertz CT molecular complexity index is 327. The second-order valence-corrected chi connectivity index (χ2v) is 10.8. The average molecular weight is 284 g/mol. The van der Waals surface area contributed by atoms with Gasteiger partial charge in [0.25, 0.3) is 0 Å². The molecule has 0 aromatic carbocycles. The van der Waals surface area contributed by atoms with Crippen molar-refractivity contribution >= 4 is 14.3 Å². The lowest BCUT2D eigenvalue weighted by Gasteiger charge is -2.38. The van der Waals surface area contributed by atoms with Crippen LogP contribution in [0.1, 0.15) is 34.1 Å². The van der Waals surface area contributed by atoms with Crippen LogP contribution in [-0.4, -0.2) is 27.0 Å². The molecule has 0 bridgehead atoms. The van der Waals surface area contributed by atoms with Crippen LogP contribution in [0.4, 0.5) is 0 Å². The Hall–Kier alpha value is -0.873. The fraction of sp³-hybridized carbons (Fsp3) is 0.667. The minimum atomic E-state index is -1.85. The van der Waals surface area contributed by atoms with Crippen molar-refractivity contribution in [1.29, 1.82) is 0 Å². The van der Waals surface area contributed by atoms with Crippen LogP contribution in [0.3, 0.4) is 0 Å². The first-order valence-electron chi connectivity index (χ1n) is 6.77. The van der Waals surface area contributed by atoms with Gasteiger partial charge in [0, 0.05) is 6.08 Å². The van der Waals surface area contributed by atoms with Crippen LogP contribution in [0, 0.1) is 0 Å². The molecule has 0 saturated carbocycles. The summed E-state index contributed by atoms with van der Waals surface area (Å²) in [7, 11) is -1.85. The van der Waals surface area contributed by atoms with Gasteiger partial charge in [-0.05, 0) is 37.6 Å². The number of esters is 1. The Labute approximate surface area is 118 Å². The van der Waals surface area contributed by atoms with Gasteiger partial charge in [-0.3, -0.25) is 0 Å². The molecule has 0 radical (unpaired) electrons. The molecule has 0 amide bonds. The monoisotopic (exact) mass is 284 g/mol. The van der Waals surface area contributed by atoms with Crippen molar-refractivity contribution in [2.45, 2.75) is 58.4 Å². The van der Waals surface area contributed by atoms with Gasteiger partial charge in [0.1, 0.15) is 0 Å². The number of rotatable bonds is 7. The number of carbonyl (C=O) groups is 1. The molecule has 0 rings (SSSR count). The Balaban J connectivity index is 4.75. The van der Waals surface area contributed by atoms with E-state index in [1.54, 1.807) is 13.0 Å². The Morgan fingerprint density at radius 1 is 1.37 bits per heavy atom. The lowest BCUT2D eigenvalue weighted by molar-refractivity contribution is -0.137. The Kier molecular flexibility index (Phi) is 7.30. The van der Waals surface area contributed by atoms with Gasteiger partial charge in [-0.2, -0.15) is 0 Å². The summed E-state index contributed by atoms with van der Waals surface area (Å²) < 4.78 is 11.1. The highest BCUT2D eigenvalue weighted by Crippen LogP contribution is 2.37. The summed E-state index contributed by atoms with van der Waals surface area (Å²) in [5.74, 6) is -0.324. The standard InChI is InChI=1S/C15H28O3Si/c1-8-10-13(11-12-14(16)17-9-2)18-19(6,7)15(3,4)5/h8,11-13H,1,9-10H2,2-7H3/b12-11+/t13-/m0/s1. The molecule has 0 aliphatic rings. The highest BCUT2D eigenvalue weighted by Gasteiger charge is 2.38. The van der Waals surface area contributed by atoms with Gasteiger partial charge in [-0.1, -0.05) is 26.8 Å². The highest BCUT2D eigenvalue weighted by atomic mass is 28.4. The highest BCUT2D eigenvalue weighted by molar-refractivity contribution is 6.74. The predicted octanol–water partition coefficient (Wildman–Crippen LogP) is 4.07. The van der Waals surface area contributed by atoms with Crippen LogP contribution in [-0.2, 0) is 14.0 Å². The fourth-order valence-corrected chi connectivity index (χ4v) is 2.55. The molecule has 110 valence electrons. The molecule has 0 unspecified atom stereocenters. The maximum Gasteiger partial charge on any atom is 0.330 e. The van der Waals surface area contributed by atoms with Gasteiger partial charge in [-0.15, -0.1) is 6.58 Å². The number of hydrogen-bond donors (Lipinski definition) is 0. The van der Waals surface area contributed by atoms with Gasteiger partial charge in [0.15, 0.2) is 8.32 Å². The Morgan fingerprint density at radius 2 is 1.95 bits per heavy atom. The quantitative estimate of drug-likeness (QED) is 0.306. The van der Waals surface area contributed by atoms with E-state index >= 15 is 0 Å². The smallest absolute Gasteiger partial charge is 0.330 e. The normalized spacial score (nSPS) is 14.4. The van der Waals surface area contributed by atoms with Crippen molar-refractivity contribution in [3.05, 3.63) is 24.8 Å². The van der Waals surface area contributed by atoms with Gasteiger partial charge in [-0.25, -0.2) is 4.79 Å². The van der Waals surface area contributed by atoms with Crippen molar-refractivity contribution in [3.63, 3.8) is 0 Å². The predicted molar refractivity (Wildman–Crippen MR) is 82.7 cm³/mol. The largest absolute Gasteiger partial charge is 0.463 e. The van der Waals surface area contributed by atoms with Crippen molar-refractivity contribution in [2.75, 3.05) is 6.61 Å². The van der Waals surface area contributed by atoms with Crippen LogP contribution in [0.25, 0.3) is 0 Å². The molecular weight excluding hydrogens is 256 g/mol. The van der Waals surface area contributed by atoms with E-state index in [4.69, 9.17) is 9.16 Å². The van der Waals surface area contributed by atoms with Gasteiger partial charge >= 0.3 is 5.97 Å². The van der Waals surface area contributed by atoms with Crippen LogP contribution in [0.5, 0.6) is 0 Å². The SMILES string of the molecule is C=CC[C@@H](/C=C/C(=O)OCC)O[Si](C)(C)C(C)(C)C. The molecule has 0 aliphatic carbocycles. The summed E-state index contributed by atoms with van der Waals surface area (Å²) >= 11 is 0. The minimum Gasteiger partial charge on any atom is -0.463 e. The van der Waals surface area contributed by atoms with Gasteiger partial charge in [0.05, 0.1) is 12.7 Å². The average Bonchev–Trinajstić information content (AvgIpc) is 2.24. The second kappa shape index (κ2) is 7.65. The van der Waals surface area contributed by atoms with E-state index in [2.05, 4.69) is 40.4 Å². The number of hydrogen-bond acceptors (Lipinski definition) is 3. The first-order chi connectivity index (χ1) is 8.64. The van der Waals surface area contributed by atoms with Crippen molar-refractivity contribution < 1.29 is 14.0 Å². The van der Waals surface area contributed by atoms with Gasteiger partial charge < -0.3 is 9.16 Å². The molecule has 0 heterocycles. The third-order valence-corrected chi connectivity index (χ3v) is 7.89.